The van der Waals surface area contributed by atoms with Gasteiger partial charge < -0.3 is 15.2 Å². The lowest BCUT2D eigenvalue weighted by Gasteiger charge is -2.12. The van der Waals surface area contributed by atoms with Gasteiger partial charge in [0.2, 0.25) is 11.8 Å². The van der Waals surface area contributed by atoms with E-state index < -0.39 is 0 Å². The Balaban J connectivity index is 1.52. The first-order valence-corrected chi connectivity index (χ1v) is 12.5. The highest BCUT2D eigenvalue weighted by atomic mass is 127. The van der Waals surface area contributed by atoms with Crippen molar-refractivity contribution in [2.45, 2.75) is 25.5 Å². The summed E-state index contributed by atoms with van der Waals surface area (Å²) in [7, 11) is 1.80. The average molecular weight is 596 g/mol. The number of halogens is 2. The van der Waals surface area contributed by atoms with E-state index in [1.165, 1.54) is 17.8 Å². The number of nitrogens with one attached hydrogen (secondary N) is 2. The largest absolute Gasteiger partial charge is 0.345 e. The molecule has 10 heteroatoms. The number of amides is 2. The highest BCUT2D eigenvalue weighted by Gasteiger charge is 2.13. The molecule has 2 aromatic carbocycles. The van der Waals surface area contributed by atoms with Crippen LogP contribution in [-0.4, -0.2) is 32.3 Å². The van der Waals surface area contributed by atoms with Crippen LogP contribution in [0.4, 0.5) is 5.69 Å². The molecule has 0 spiro atoms. The Hall–Kier alpha value is -2.37. The van der Waals surface area contributed by atoms with E-state index in [2.05, 4.69) is 43.4 Å². The predicted molar refractivity (Wildman–Crippen MR) is 141 cm³/mol. The minimum Gasteiger partial charge on any atom is -0.345 e. The van der Waals surface area contributed by atoms with Gasteiger partial charge in [-0.25, -0.2) is 0 Å². The van der Waals surface area contributed by atoms with E-state index in [9.17, 15) is 9.59 Å². The summed E-state index contributed by atoms with van der Waals surface area (Å²) in [5.41, 5.74) is 3.66. The molecule has 0 bridgehead atoms. The van der Waals surface area contributed by atoms with Gasteiger partial charge in [-0.05, 0) is 77.4 Å². The Kier molecular flexibility index (Phi) is 8.93. The number of aryl methyl sites for hydroxylation is 2. The van der Waals surface area contributed by atoms with Gasteiger partial charge in [-0.3, -0.25) is 9.59 Å². The number of rotatable bonds is 8. The van der Waals surface area contributed by atoms with Crippen molar-refractivity contribution in [2.24, 2.45) is 7.05 Å². The fourth-order valence-electron chi connectivity index (χ4n) is 3.04. The van der Waals surface area contributed by atoms with Crippen molar-refractivity contribution in [3.05, 3.63) is 73.6 Å². The highest BCUT2D eigenvalue weighted by Crippen LogP contribution is 2.24. The molecule has 1 aromatic heterocycles. The van der Waals surface area contributed by atoms with Gasteiger partial charge in [-0.15, -0.1) is 10.2 Å². The lowest BCUT2D eigenvalue weighted by Crippen LogP contribution is -2.22. The minimum absolute atomic E-state index is 0.116. The van der Waals surface area contributed by atoms with E-state index >= 15 is 0 Å². The molecule has 7 nitrogen and oxygen atoms in total. The van der Waals surface area contributed by atoms with Crippen molar-refractivity contribution in [2.75, 3.05) is 11.1 Å². The van der Waals surface area contributed by atoms with E-state index in [0.29, 0.717) is 16.0 Å². The SMILES string of the molecule is Cc1cc(I)cc(C)c1NC(=O)CSc1nnc(CNC(=O)/C=C/c2ccccc2Cl)n1C. The normalized spacial score (nSPS) is 11.1. The molecule has 0 saturated carbocycles. The van der Waals surface area contributed by atoms with Gasteiger partial charge in [0.05, 0.1) is 12.3 Å². The van der Waals surface area contributed by atoms with Crippen LogP contribution in [0.15, 0.2) is 47.6 Å². The summed E-state index contributed by atoms with van der Waals surface area (Å²) in [5, 5.41) is 15.2. The first kappa shape index (κ1) is 25.3. The smallest absolute Gasteiger partial charge is 0.244 e. The van der Waals surface area contributed by atoms with Crippen molar-refractivity contribution in [1.82, 2.24) is 20.1 Å². The summed E-state index contributed by atoms with van der Waals surface area (Å²) >= 11 is 9.64. The van der Waals surface area contributed by atoms with Crippen molar-refractivity contribution < 1.29 is 9.59 Å². The number of carbonyl (C=O) groups excluding carboxylic acids is 2. The summed E-state index contributed by atoms with van der Waals surface area (Å²) in [6.45, 7) is 4.17. The van der Waals surface area contributed by atoms with Gasteiger partial charge in [-0.1, -0.05) is 41.6 Å². The third-order valence-electron chi connectivity index (χ3n) is 4.76. The predicted octanol–water partition coefficient (Wildman–Crippen LogP) is 4.75. The summed E-state index contributed by atoms with van der Waals surface area (Å²) < 4.78 is 2.89. The second kappa shape index (κ2) is 11.7. The molecule has 2 amide bonds. The molecule has 3 aromatic rings. The summed E-state index contributed by atoms with van der Waals surface area (Å²) in [6.07, 6.45) is 3.08. The Morgan fingerprint density at radius 2 is 1.88 bits per heavy atom. The molecular formula is C23H23ClIN5O2S. The molecule has 2 N–H and O–H groups in total. The van der Waals surface area contributed by atoms with Gasteiger partial charge in [0.15, 0.2) is 11.0 Å². The number of hydrogen-bond acceptors (Lipinski definition) is 5. The highest BCUT2D eigenvalue weighted by molar-refractivity contribution is 14.1. The molecule has 0 aliphatic heterocycles. The van der Waals surface area contributed by atoms with Crippen LogP contribution in [0.2, 0.25) is 5.02 Å². The van der Waals surface area contributed by atoms with Gasteiger partial charge in [0, 0.05) is 27.4 Å². The first-order valence-electron chi connectivity index (χ1n) is 10.0. The third-order valence-corrected chi connectivity index (χ3v) is 6.75. The number of nitrogens with zero attached hydrogens (tertiary/aromatic N) is 3. The topological polar surface area (TPSA) is 88.9 Å². The zero-order valence-electron chi connectivity index (χ0n) is 18.4. The first-order chi connectivity index (χ1) is 15.7. The van der Waals surface area contributed by atoms with Crippen LogP contribution in [0, 0.1) is 17.4 Å². The Morgan fingerprint density at radius 3 is 2.58 bits per heavy atom. The molecule has 3 rings (SSSR count). The van der Waals surface area contributed by atoms with Gasteiger partial charge in [0.25, 0.3) is 0 Å². The zero-order valence-corrected chi connectivity index (χ0v) is 22.1. The monoisotopic (exact) mass is 595 g/mol. The van der Waals surface area contributed by atoms with Crippen LogP contribution in [0.3, 0.4) is 0 Å². The summed E-state index contributed by atoms with van der Waals surface area (Å²) in [6, 6.07) is 11.3. The standard InChI is InChI=1S/C23H23ClIN5O2S/c1-14-10-17(25)11-15(2)22(14)27-21(32)13-33-23-29-28-19(30(23)3)12-26-20(31)9-8-16-6-4-5-7-18(16)24/h4-11H,12-13H2,1-3H3,(H,26,31)(H,27,32)/b9-8+. The van der Waals surface area contributed by atoms with Gasteiger partial charge in [0.1, 0.15) is 0 Å². The lowest BCUT2D eigenvalue weighted by molar-refractivity contribution is -0.116. The fourth-order valence-corrected chi connectivity index (χ4v) is 4.90. The number of benzene rings is 2. The van der Waals surface area contributed by atoms with Crippen LogP contribution in [0.1, 0.15) is 22.5 Å². The van der Waals surface area contributed by atoms with Crippen molar-refractivity contribution in [1.29, 1.82) is 0 Å². The minimum atomic E-state index is -0.269. The molecule has 0 saturated heterocycles. The number of aromatic nitrogens is 3. The average Bonchev–Trinajstić information content (AvgIpc) is 3.12. The fraction of sp³-hybridized carbons (Fsp3) is 0.217. The van der Waals surface area contributed by atoms with Crippen LogP contribution in [0.25, 0.3) is 6.08 Å². The van der Waals surface area contributed by atoms with Crippen LogP contribution < -0.4 is 10.6 Å². The zero-order chi connectivity index (χ0) is 24.0. The molecule has 1 heterocycles. The van der Waals surface area contributed by atoms with Crippen LogP contribution in [-0.2, 0) is 23.2 Å². The van der Waals surface area contributed by atoms with E-state index in [-0.39, 0.29) is 24.1 Å². The number of anilines is 1. The second-order valence-electron chi connectivity index (χ2n) is 7.28. The maximum Gasteiger partial charge on any atom is 0.244 e. The molecule has 33 heavy (non-hydrogen) atoms. The number of carbonyl (C=O) groups is 2. The number of hydrogen-bond donors (Lipinski definition) is 2. The number of thioether (sulfide) groups is 1. The van der Waals surface area contributed by atoms with Gasteiger partial charge >= 0.3 is 0 Å². The lowest BCUT2D eigenvalue weighted by atomic mass is 10.1. The van der Waals surface area contributed by atoms with Crippen molar-refractivity contribution in [3.63, 3.8) is 0 Å². The third kappa shape index (κ3) is 7.05. The van der Waals surface area contributed by atoms with E-state index in [0.717, 1.165) is 25.9 Å². The van der Waals surface area contributed by atoms with Crippen molar-refractivity contribution in [3.8, 4) is 0 Å². The maximum absolute atomic E-state index is 12.5. The molecule has 0 fully saturated rings. The van der Waals surface area contributed by atoms with E-state index in [1.807, 2.05) is 44.2 Å². The Morgan fingerprint density at radius 1 is 1.18 bits per heavy atom. The molecule has 0 aliphatic rings. The van der Waals surface area contributed by atoms with Gasteiger partial charge in [-0.2, -0.15) is 0 Å². The molecule has 0 aliphatic carbocycles. The second-order valence-corrected chi connectivity index (χ2v) is 9.88. The molecule has 0 atom stereocenters. The molecule has 172 valence electrons. The van der Waals surface area contributed by atoms with E-state index in [4.69, 9.17) is 11.6 Å². The van der Waals surface area contributed by atoms with Crippen LogP contribution in [0.5, 0.6) is 0 Å². The summed E-state index contributed by atoms with van der Waals surface area (Å²) in [4.78, 5) is 24.6. The van der Waals surface area contributed by atoms with E-state index in [1.54, 1.807) is 23.8 Å². The summed E-state index contributed by atoms with van der Waals surface area (Å²) in [5.74, 6) is 0.399. The van der Waals surface area contributed by atoms with Crippen LogP contribution >= 0.6 is 46.0 Å². The Bertz CT molecular complexity index is 1190. The quantitative estimate of drug-likeness (QED) is 0.223. The molecule has 0 unspecified atom stereocenters. The maximum atomic E-state index is 12.5. The molecular weight excluding hydrogens is 573 g/mol. The Labute approximate surface area is 215 Å². The molecule has 0 radical (unpaired) electrons. The van der Waals surface area contributed by atoms with Crippen molar-refractivity contribution >= 4 is 69.5 Å².